The van der Waals surface area contributed by atoms with Gasteiger partial charge in [0.05, 0.1) is 5.02 Å². The quantitative estimate of drug-likeness (QED) is 0.766. The second-order valence-electron chi connectivity index (χ2n) is 3.26. The molecule has 1 unspecified atom stereocenters. The molecule has 0 bridgehead atoms. The van der Waals surface area contributed by atoms with Gasteiger partial charge in [0.15, 0.2) is 0 Å². The summed E-state index contributed by atoms with van der Waals surface area (Å²) in [6, 6.07) is 2.31. The summed E-state index contributed by atoms with van der Waals surface area (Å²) < 4.78 is 0. The van der Waals surface area contributed by atoms with E-state index in [2.05, 4.69) is 15.6 Å². The Bertz CT molecular complexity index is 408. The van der Waals surface area contributed by atoms with Gasteiger partial charge in [0.2, 0.25) is 5.91 Å². The minimum absolute atomic E-state index is 0.324. The predicted octanol–water partition coefficient (Wildman–Crippen LogP) is 1.72. The highest BCUT2D eigenvalue weighted by atomic mass is 35.5. The van der Waals surface area contributed by atoms with Crippen molar-refractivity contribution in [1.29, 1.82) is 0 Å². The average Bonchev–Trinajstić information content (AvgIpc) is 2.28. The molecule has 1 aromatic rings. The molecular weight excluding hydrogens is 246 g/mol. The topological polar surface area (TPSA) is 91.3 Å². The zero-order valence-corrected chi connectivity index (χ0v) is 9.86. The zero-order chi connectivity index (χ0) is 12.8. The van der Waals surface area contributed by atoms with Crippen LogP contribution in [0.15, 0.2) is 18.3 Å². The van der Waals surface area contributed by atoms with Crippen LogP contribution in [0.4, 0.5) is 10.6 Å². The Morgan fingerprint density at radius 1 is 1.53 bits per heavy atom. The number of halogens is 1. The van der Waals surface area contributed by atoms with E-state index in [0.717, 1.165) is 0 Å². The summed E-state index contributed by atoms with van der Waals surface area (Å²) in [5, 5.41) is 13.6. The molecular formula is C10H12ClN3O3. The van der Waals surface area contributed by atoms with Crippen molar-refractivity contribution in [2.45, 2.75) is 19.4 Å². The molecule has 0 fully saturated rings. The second-order valence-corrected chi connectivity index (χ2v) is 3.70. The summed E-state index contributed by atoms with van der Waals surface area (Å²) in [5.74, 6) is -0.130. The van der Waals surface area contributed by atoms with Crippen LogP contribution < -0.4 is 10.6 Å². The van der Waals surface area contributed by atoms with Crippen molar-refractivity contribution in [1.82, 2.24) is 10.3 Å². The Morgan fingerprint density at radius 3 is 2.71 bits per heavy atom. The van der Waals surface area contributed by atoms with Crippen LogP contribution in [0.2, 0.25) is 5.02 Å². The van der Waals surface area contributed by atoms with Crippen molar-refractivity contribution in [3.8, 4) is 0 Å². The van der Waals surface area contributed by atoms with E-state index < -0.39 is 18.0 Å². The van der Waals surface area contributed by atoms with E-state index in [4.69, 9.17) is 16.7 Å². The number of carboxylic acid groups (broad SMARTS) is 1. The molecule has 1 rings (SSSR count). The summed E-state index contributed by atoms with van der Waals surface area (Å²) >= 11 is 5.64. The molecule has 1 atom stereocenters. The molecule has 0 spiro atoms. The first-order valence-electron chi connectivity index (χ1n) is 4.94. The molecule has 1 heterocycles. The number of hydrogen-bond acceptors (Lipinski definition) is 3. The lowest BCUT2D eigenvalue weighted by Crippen LogP contribution is -2.42. The van der Waals surface area contributed by atoms with Gasteiger partial charge in [-0.15, -0.1) is 0 Å². The van der Waals surface area contributed by atoms with Crippen molar-refractivity contribution in [2.75, 3.05) is 5.32 Å². The molecule has 6 nitrogen and oxygen atoms in total. The zero-order valence-electron chi connectivity index (χ0n) is 9.11. The third-order valence-electron chi connectivity index (χ3n) is 2.00. The molecule has 0 saturated carbocycles. The first kappa shape index (κ1) is 13.2. The third-order valence-corrected chi connectivity index (χ3v) is 2.22. The molecule has 0 aliphatic heterocycles. The van der Waals surface area contributed by atoms with Crippen LogP contribution in [-0.2, 0) is 4.79 Å². The van der Waals surface area contributed by atoms with Crippen molar-refractivity contribution >= 4 is 29.4 Å². The fourth-order valence-corrected chi connectivity index (χ4v) is 1.28. The van der Waals surface area contributed by atoms with Crippen LogP contribution >= 0.6 is 11.6 Å². The van der Waals surface area contributed by atoms with Gasteiger partial charge in [0, 0.05) is 6.20 Å². The Labute approximate surface area is 103 Å². The van der Waals surface area contributed by atoms with Gasteiger partial charge in [-0.3, -0.25) is 4.79 Å². The highest BCUT2D eigenvalue weighted by Crippen LogP contribution is 2.10. The van der Waals surface area contributed by atoms with Crippen LogP contribution in [0.3, 0.4) is 0 Å². The Morgan fingerprint density at radius 2 is 2.24 bits per heavy atom. The molecule has 92 valence electrons. The van der Waals surface area contributed by atoms with Gasteiger partial charge in [-0.2, -0.15) is 0 Å². The molecule has 0 aliphatic carbocycles. The number of carbonyl (C=O) groups excluding carboxylic acids is 1. The number of amides is 2. The maximum Gasteiger partial charge on any atom is 0.405 e. The molecule has 7 heteroatoms. The van der Waals surface area contributed by atoms with Crippen molar-refractivity contribution in [3.63, 3.8) is 0 Å². The van der Waals surface area contributed by atoms with Crippen molar-refractivity contribution in [3.05, 3.63) is 23.4 Å². The summed E-state index contributed by atoms with van der Waals surface area (Å²) in [5.41, 5.74) is 0. The van der Waals surface area contributed by atoms with E-state index in [1.54, 1.807) is 13.0 Å². The number of aromatic nitrogens is 1. The minimum Gasteiger partial charge on any atom is -0.465 e. The van der Waals surface area contributed by atoms with Gasteiger partial charge in [0.25, 0.3) is 0 Å². The maximum absolute atomic E-state index is 11.7. The molecule has 3 N–H and O–H groups in total. The maximum atomic E-state index is 11.7. The average molecular weight is 258 g/mol. The second kappa shape index (κ2) is 6.05. The van der Waals surface area contributed by atoms with E-state index in [0.29, 0.717) is 17.3 Å². The Balaban J connectivity index is 2.63. The van der Waals surface area contributed by atoms with Gasteiger partial charge in [-0.1, -0.05) is 18.5 Å². The largest absolute Gasteiger partial charge is 0.465 e. The fraction of sp³-hybridized carbons (Fsp3) is 0.300. The van der Waals surface area contributed by atoms with Gasteiger partial charge in [-0.25, -0.2) is 9.78 Å². The van der Waals surface area contributed by atoms with Crippen molar-refractivity contribution in [2.24, 2.45) is 0 Å². The molecule has 2 amide bonds. The number of nitrogens with zero attached hydrogens (tertiary/aromatic N) is 1. The van der Waals surface area contributed by atoms with Crippen LogP contribution in [0.25, 0.3) is 0 Å². The fourth-order valence-electron chi connectivity index (χ4n) is 1.17. The van der Waals surface area contributed by atoms with E-state index in [1.165, 1.54) is 12.3 Å². The van der Waals surface area contributed by atoms with E-state index in [9.17, 15) is 9.59 Å². The van der Waals surface area contributed by atoms with Crippen molar-refractivity contribution < 1.29 is 14.7 Å². The normalized spacial score (nSPS) is 11.6. The first-order valence-corrected chi connectivity index (χ1v) is 5.32. The van der Waals surface area contributed by atoms with Gasteiger partial charge < -0.3 is 15.7 Å². The van der Waals surface area contributed by atoms with Crippen LogP contribution in [0, 0.1) is 0 Å². The highest BCUT2D eigenvalue weighted by Gasteiger charge is 2.18. The lowest BCUT2D eigenvalue weighted by molar-refractivity contribution is -0.118. The lowest BCUT2D eigenvalue weighted by Gasteiger charge is -2.14. The Hall–Kier alpha value is -1.82. The monoisotopic (exact) mass is 257 g/mol. The number of hydrogen-bond donors (Lipinski definition) is 3. The first-order chi connectivity index (χ1) is 8.02. The Kier molecular flexibility index (Phi) is 4.71. The summed E-state index contributed by atoms with van der Waals surface area (Å²) in [6.07, 6.45) is 0.505. The van der Waals surface area contributed by atoms with Gasteiger partial charge in [0.1, 0.15) is 11.9 Å². The third kappa shape index (κ3) is 4.28. The number of rotatable bonds is 4. The van der Waals surface area contributed by atoms with Crippen LogP contribution in [0.5, 0.6) is 0 Å². The predicted molar refractivity (Wildman–Crippen MR) is 63.1 cm³/mol. The molecule has 17 heavy (non-hydrogen) atoms. The SMILES string of the molecule is CCC(NC(=O)O)C(=O)Nc1ccc(Cl)cn1. The molecule has 0 aromatic carbocycles. The summed E-state index contributed by atoms with van der Waals surface area (Å²) in [6.45, 7) is 1.70. The van der Waals surface area contributed by atoms with Gasteiger partial charge in [-0.05, 0) is 18.6 Å². The molecule has 1 aromatic heterocycles. The van der Waals surface area contributed by atoms with E-state index >= 15 is 0 Å². The number of anilines is 1. The molecule has 0 saturated heterocycles. The standard InChI is InChI=1S/C10H12ClN3O3/c1-2-7(13-10(16)17)9(15)14-8-4-3-6(11)5-12-8/h3-5,7,13H,2H2,1H3,(H,16,17)(H,12,14,15). The van der Waals surface area contributed by atoms with E-state index in [1.807, 2.05) is 0 Å². The number of carbonyl (C=O) groups is 2. The van der Waals surface area contributed by atoms with Crippen LogP contribution in [-0.4, -0.2) is 28.1 Å². The van der Waals surface area contributed by atoms with Crippen LogP contribution in [0.1, 0.15) is 13.3 Å². The summed E-state index contributed by atoms with van der Waals surface area (Å²) in [4.78, 5) is 26.0. The smallest absolute Gasteiger partial charge is 0.405 e. The molecule has 0 radical (unpaired) electrons. The number of nitrogens with one attached hydrogen (secondary N) is 2. The molecule has 0 aliphatic rings. The lowest BCUT2D eigenvalue weighted by atomic mass is 10.2. The highest BCUT2D eigenvalue weighted by molar-refractivity contribution is 6.30. The van der Waals surface area contributed by atoms with E-state index in [-0.39, 0.29) is 0 Å². The van der Waals surface area contributed by atoms with Gasteiger partial charge >= 0.3 is 6.09 Å². The minimum atomic E-state index is -1.24. The summed E-state index contributed by atoms with van der Waals surface area (Å²) in [7, 11) is 0. The number of pyridine rings is 1.